The van der Waals surface area contributed by atoms with Gasteiger partial charge in [0.1, 0.15) is 5.75 Å². The Labute approximate surface area is 180 Å². The Balaban J connectivity index is 1.91. The van der Waals surface area contributed by atoms with E-state index in [2.05, 4.69) is 33.5 Å². The van der Waals surface area contributed by atoms with E-state index < -0.39 is 0 Å². The van der Waals surface area contributed by atoms with Crippen molar-refractivity contribution in [2.45, 2.75) is 26.2 Å². The van der Waals surface area contributed by atoms with Gasteiger partial charge in [0.2, 0.25) is 0 Å². The van der Waals surface area contributed by atoms with Crippen molar-refractivity contribution >= 4 is 33.4 Å². The third kappa shape index (κ3) is 7.51. The summed E-state index contributed by atoms with van der Waals surface area (Å²) in [5.41, 5.74) is 1.67. The zero-order chi connectivity index (χ0) is 21.1. The highest BCUT2D eigenvalue weighted by molar-refractivity contribution is 9.10. The number of nitrogens with one attached hydrogen (secondary N) is 2. The molecule has 0 atom stereocenters. The number of halogens is 1. The molecule has 0 bridgehead atoms. The monoisotopic (exact) mass is 462 g/mol. The zero-order valence-corrected chi connectivity index (χ0v) is 18.4. The Morgan fingerprint density at radius 2 is 1.69 bits per heavy atom. The van der Waals surface area contributed by atoms with Crippen LogP contribution < -0.4 is 15.4 Å². The summed E-state index contributed by atoms with van der Waals surface area (Å²) in [6.45, 7) is 3.91. The van der Waals surface area contributed by atoms with Crippen LogP contribution in [0.4, 0.5) is 5.69 Å². The third-order valence-electron chi connectivity index (χ3n) is 4.17. The smallest absolute Gasteiger partial charge is 0.255 e. The van der Waals surface area contributed by atoms with E-state index in [1.54, 1.807) is 49.6 Å². The quantitative estimate of drug-likeness (QED) is 0.476. The van der Waals surface area contributed by atoms with E-state index in [9.17, 15) is 9.59 Å². The molecule has 0 aliphatic rings. The number of hydrogen-bond acceptors (Lipinski definition) is 4. The van der Waals surface area contributed by atoms with Crippen LogP contribution in [-0.4, -0.2) is 38.7 Å². The van der Waals surface area contributed by atoms with Crippen molar-refractivity contribution < 1.29 is 19.1 Å². The minimum absolute atomic E-state index is 0.151. The van der Waals surface area contributed by atoms with Crippen LogP contribution in [0, 0.1) is 0 Å². The number of carbonyl (C=O) groups excluding carboxylic acids is 2. The van der Waals surface area contributed by atoms with Crippen molar-refractivity contribution in [3.05, 3.63) is 58.1 Å². The molecule has 0 fully saturated rings. The number of anilines is 1. The van der Waals surface area contributed by atoms with E-state index in [1.807, 2.05) is 0 Å². The maximum atomic E-state index is 12.5. The molecule has 2 rings (SSSR count). The molecule has 2 aromatic carbocycles. The Bertz CT molecular complexity index is 809. The molecular formula is C22H27BrN2O4. The lowest BCUT2D eigenvalue weighted by Crippen LogP contribution is -2.25. The fourth-order valence-electron chi connectivity index (χ4n) is 2.51. The number of rotatable bonds is 11. The number of amides is 2. The third-order valence-corrected chi connectivity index (χ3v) is 4.78. The maximum Gasteiger partial charge on any atom is 0.255 e. The fraction of sp³-hybridized carbons (Fsp3) is 0.364. The molecule has 0 aliphatic heterocycles. The molecule has 0 saturated heterocycles. The highest BCUT2D eigenvalue weighted by Gasteiger charge is 2.11. The Morgan fingerprint density at radius 1 is 0.966 bits per heavy atom. The van der Waals surface area contributed by atoms with Gasteiger partial charge in [-0.05, 0) is 71.2 Å². The van der Waals surface area contributed by atoms with Gasteiger partial charge in [-0.3, -0.25) is 9.59 Å². The lowest BCUT2D eigenvalue weighted by Gasteiger charge is -2.10. The van der Waals surface area contributed by atoms with Crippen molar-refractivity contribution in [1.82, 2.24) is 5.32 Å². The van der Waals surface area contributed by atoms with E-state index >= 15 is 0 Å². The van der Waals surface area contributed by atoms with Crippen LogP contribution in [0.3, 0.4) is 0 Å². The second-order valence-corrected chi connectivity index (χ2v) is 7.34. The first-order chi connectivity index (χ1) is 14.0. The Morgan fingerprint density at radius 3 is 2.34 bits per heavy atom. The van der Waals surface area contributed by atoms with Crippen LogP contribution in [0.15, 0.2) is 46.9 Å². The summed E-state index contributed by atoms with van der Waals surface area (Å²) in [5.74, 6) is 0.333. The predicted molar refractivity (Wildman–Crippen MR) is 118 cm³/mol. The molecule has 0 heterocycles. The number of benzene rings is 2. The molecule has 0 spiro atoms. The van der Waals surface area contributed by atoms with E-state index in [4.69, 9.17) is 9.47 Å². The van der Waals surface area contributed by atoms with Gasteiger partial charge in [0.15, 0.2) is 0 Å². The van der Waals surface area contributed by atoms with Gasteiger partial charge in [0.25, 0.3) is 11.8 Å². The van der Waals surface area contributed by atoms with Gasteiger partial charge in [0.05, 0.1) is 11.1 Å². The van der Waals surface area contributed by atoms with E-state index in [1.165, 1.54) is 0 Å². The summed E-state index contributed by atoms with van der Waals surface area (Å²) in [6.07, 6.45) is 2.80. The predicted octanol–water partition coefficient (Wildman–Crippen LogP) is 4.65. The van der Waals surface area contributed by atoms with E-state index in [0.29, 0.717) is 36.6 Å². The van der Waals surface area contributed by atoms with Gasteiger partial charge in [-0.2, -0.15) is 0 Å². The van der Waals surface area contributed by atoms with Crippen LogP contribution in [0.2, 0.25) is 0 Å². The highest BCUT2D eigenvalue weighted by Crippen LogP contribution is 2.26. The van der Waals surface area contributed by atoms with Crippen LogP contribution in [0.1, 0.15) is 46.9 Å². The summed E-state index contributed by atoms with van der Waals surface area (Å²) in [4.78, 5) is 24.6. The molecule has 0 aromatic heterocycles. The normalized spacial score (nSPS) is 10.4. The number of methoxy groups -OCH3 is 1. The molecule has 0 unspecified atom stereocenters. The number of carbonyl (C=O) groups is 2. The van der Waals surface area contributed by atoms with Gasteiger partial charge < -0.3 is 20.1 Å². The molecule has 6 nitrogen and oxygen atoms in total. The molecule has 29 heavy (non-hydrogen) atoms. The first kappa shape index (κ1) is 22.9. The molecule has 0 radical (unpaired) electrons. The molecule has 0 aliphatic carbocycles. The average molecular weight is 463 g/mol. The van der Waals surface area contributed by atoms with Gasteiger partial charge in [0, 0.05) is 37.1 Å². The second-order valence-electron chi connectivity index (χ2n) is 6.48. The molecule has 2 amide bonds. The molecule has 2 N–H and O–H groups in total. The topological polar surface area (TPSA) is 76.7 Å². The first-order valence-corrected chi connectivity index (χ1v) is 10.5. The van der Waals surface area contributed by atoms with Crippen molar-refractivity contribution in [2.24, 2.45) is 0 Å². The summed E-state index contributed by atoms with van der Waals surface area (Å²) in [7, 11) is 1.63. The number of ether oxygens (including phenoxy) is 2. The van der Waals surface area contributed by atoms with Crippen LogP contribution in [0.25, 0.3) is 0 Å². The minimum Gasteiger partial charge on any atom is -0.492 e. The largest absolute Gasteiger partial charge is 0.492 e. The lowest BCUT2D eigenvalue weighted by molar-refractivity contribution is 0.0948. The highest BCUT2D eigenvalue weighted by atomic mass is 79.9. The number of unbranched alkanes of at least 4 members (excludes halogenated alkanes) is 1. The van der Waals surface area contributed by atoms with Crippen molar-refractivity contribution in [2.75, 3.05) is 32.2 Å². The molecule has 0 saturated carbocycles. The Hall–Kier alpha value is -2.38. The lowest BCUT2D eigenvalue weighted by atomic mass is 10.1. The minimum atomic E-state index is -0.234. The summed E-state index contributed by atoms with van der Waals surface area (Å²) in [6, 6.07) is 12.0. The number of hydrogen-bond donors (Lipinski definition) is 2. The maximum absolute atomic E-state index is 12.5. The summed E-state index contributed by atoms with van der Waals surface area (Å²) >= 11 is 3.45. The van der Waals surface area contributed by atoms with Gasteiger partial charge in [-0.1, -0.05) is 13.3 Å². The van der Waals surface area contributed by atoms with Gasteiger partial charge in [-0.15, -0.1) is 0 Å². The zero-order valence-electron chi connectivity index (χ0n) is 16.8. The second kappa shape index (κ2) is 12.2. The molecule has 7 heteroatoms. The van der Waals surface area contributed by atoms with E-state index in [0.717, 1.165) is 29.5 Å². The SMILES string of the molecule is CCCCOc1ccc(C(=O)Nc2ccc(C(=O)NCCCOC)cc2)cc1Br. The summed E-state index contributed by atoms with van der Waals surface area (Å²) < 4.78 is 11.4. The summed E-state index contributed by atoms with van der Waals surface area (Å²) in [5, 5.41) is 5.66. The fourth-order valence-corrected chi connectivity index (χ4v) is 3.01. The Kier molecular flexibility index (Phi) is 9.67. The first-order valence-electron chi connectivity index (χ1n) is 9.66. The van der Waals surface area contributed by atoms with Gasteiger partial charge >= 0.3 is 0 Å². The van der Waals surface area contributed by atoms with Crippen LogP contribution >= 0.6 is 15.9 Å². The van der Waals surface area contributed by atoms with Crippen molar-refractivity contribution in [1.29, 1.82) is 0 Å². The van der Waals surface area contributed by atoms with Crippen LogP contribution in [-0.2, 0) is 4.74 Å². The van der Waals surface area contributed by atoms with E-state index in [-0.39, 0.29) is 11.8 Å². The van der Waals surface area contributed by atoms with Crippen LogP contribution in [0.5, 0.6) is 5.75 Å². The molecular weight excluding hydrogens is 436 g/mol. The van der Waals surface area contributed by atoms with Crippen molar-refractivity contribution in [3.8, 4) is 5.75 Å². The van der Waals surface area contributed by atoms with Crippen molar-refractivity contribution in [3.63, 3.8) is 0 Å². The average Bonchev–Trinajstić information content (AvgIpc) is 2.73. The molecule has 156 valence electrons. The molecule has 2 aromatic rings. The van der Waals surface area contributed by atoms with Gasteiger partial charge in [-0.25, -0.2) is 0 Å². The standard InChI is InChI=1S/C22H27BrN2O4/c1-3-4-14-29-20-11-8-17(15-19(20)23)22(27)25-18-9-6-16(7-10-18)21(26)24-12-5-13-28-2/h6-11,15H,3-5,12-14H2,1-2H3,(H,24,26)(H,25,27).